The molecule has 6 nitrogen and oxygen atoms in total. The summed E-state index contributed by atoms with van der Waals surface area (Å²) in [6.07, 6.45) is 8.21. The third-order valence-corrected chi connectivity index (χ3v) is 6.56. The molecule has 1 fully saturated rings. The number of sulfonamides is 1. The van der Waals surface area contributed by atoms with E-state index in [0.29, 0.717) is 18.3 Å². The quantitative estimate of drug-likeness (QED) is 0.601. The molecule has 1 aromatic carbocycles. The molecule has 0 aromatic heterocycles. The Morgan fingerprint density at radius 1 is 1.15 bits per heavy atom. The van der Waals surface area contributed by atoms with Crippen LogP contribution in [0.5, 0.6) is 0 Å². The van der Waals surface area contributed by atoms with Gasteiger partial charge in [0.25, 0.3) is 5.91 Å². The van der Waals surface area contributed by atoms with E-state index in [4.69, 9.17) is 0 Å². The minimum atomic E-state index is -3.51. The summed E-state index contributed by atoms with van der Waals surface area (Å²) in [6, 6.07) is 6.75. The number of amides is 1. The van der Waals surface area contributed by atoms with Crippen molar-refractivity contribution in [1.82, 2.24) is 4.72 Å². The number of anilines is 1. The lowest BCUT2D eigenvalue weighted by atomic mass is 10.1. The molecule has 2 rings (SSSR count). The summed E-state index contributed by atoms with van der Waals surface area (Å²) in [7, 11) is -3.51. The highest BCUT2D eigenvalue weighted by molar-refractivity contribution is 7.89. The molecule has 146 valence electrons. The molecule has 1 amide bonds. The van der Waals surface area contributed by atoms with Crippen molar-refractivity contribution in [2.45, 2.75) is 75.8 Å². The molecule has 7 heteroatoms. The monoisotopic (exact) mass is 382 g/mol. The molecule has 4 N–H and O–H groups in total. The maximum atomic E-state index is 12.2. The van der Waals surface area contributed by atoms with Crippen molar-refractivity contribution in [2.75, 3.05) is 11.9 Å². The molecule has 26 heavy (non-hydrogen) atoms. The van der Waals surface area contributed by atoms with E-state index >= 15 is 0 Å². The van der Waals surface area contributed by atoms with Crippen LogP contribution in [-0.2, 0) is 14.8 Å². The fourth-order valence-electron chi connectivity index (χ4n) is 3.17. The first-order valence-corrected chi connectivity index (χ1v) is 11.1. The normalized spacial score (nSPS) is 17.5. The Labute approximate surface area is 157 Å². The van der Waals surface area contributed by atoms with Gasteiger partial charge < -0.3 is 10.6 Å². The molecule has 1 atom stereocenters. The van der Waals surface area contributed by atoms with Crippen molar-refractivity contribution < 1.29 is 18.5 Å². The molecule has 0 heterocycles. The largest absolute Gasteiger partial charge is 0.336 e. The molecular formula is C19H32N3O3S+. The minimum Gasteiger partial charge on any atom is -0.336 e. The third-order valence-electron chi connectivity index (χ3n) is 4.95. The van der Waals surface area contributed by atoms with Crippen molar-refractivity contribution >= 4 is 21.6 Å². The number of nitrogens with two attached hydrogens (primary N) is 1. The van der Waals surface area contributed by atoms with E-state index in [-0.39, 0.29) is 16.8 Å². The SMILES string of the molecule is CC[C@H](C)NS(=O)(=O)c1ccc(NC(=O)C[NH2+]C2CCCCCC2)cc1. The molecule has 0 aliphatic heterocycles. The van der Waals surface area contributed by atoms with Gasteiger partial charge >= 0.3 is 0 Å². The molecule has 1 aromatic rings. The zero-order valence-electron chi connectivity index (χ0n) is 15.8. The number of hydrogen-bond acceptors (Lipinski definition) is 3. The van der Waals surface area contributed by atoms with Crippen LogP contribution >= 0.6 is 0 Å². The summed E-state index contributed by atoms with van der Waals surface area (Å²) >= 11 is 0. The lowest BCUT2D eigenvalue weighted by Crippen LogP contribution is -2.91. The van der Waals surface area contributed by atoms with Crippen LogP contribution in [0.3, 0.4) is 0 Å². The summed E-state index contributed by atoms with van der Waals surface area (Å²) in [6.45, 7) is 4.16. The number of benzene rings is 1. The second kappa shape index (κ2) is 10.0. The van der Waals surface area contributed by atoms with Crippen molar-refractivity contribution in [3.63, 3.8) is 0 Å². The van der Waals surface area contributed by atoms with Crippen LogP contribution in [0.2, 0.25) is 0 Å². The highest BCUT2D eigenvalue weighted by Gasteiger charge is 2.18. The van der Waals surface area contributed by atoms with Gasteiger partial charge in [-0.2, -0.15) is 0 Å². The smallest absolute Gasteiger partial charge is 0.279 e. The van der Waals surface area contributed by atoms with E-state index in [1.165, 1.54) is 50.7 Å². The highest BCUT2D eigenvalue weighted by atomic mass is 32.2. The van der Waals surface area contributed by atoms with E-state index in [1.54, 1.807) is 12.1 Å². The average Bonchev–Trinajstić information content (AvgIpc) is 2.89. The van der Waals surface area contributed by atoms with Crippen LogP contribution < -0.4 is 15.4 Å². The summed E-state index contributed by atoms with van der Waals surface area (Å²) in [5.41, 5.74) is 0.617. The predicted octanol–water partition coefficient (Wildman–Crippen LogP) is 1.99. The third kappa shape index (κ3) is 6.70. The van der Waals surface area contributed by atoms with E-state index in [0.717, 1.165) is 6.42 Å². The molecule has 0 spiro atoms. The number of carbonyl (C=O) groups is 1. The minimum absolute atomic E-state index is 0.0532. The fraction of sp³-hybridized carbons (Fsp3) is 0.632. The van der Waals surface area contributed by atoms with Gasteiger partial charge in [0.15, 0.2) is 6.54 Å². The molecule has 0 saturated heterocycles. The van der Waals surface area contributed by atoms with E-state index in [9.17, 15) is 13.2 Å². The Kier molecular flexibility index (Phi) is 8.06. The number of quaternary nitrogens is 1. The first-order valence-electron chi connectivity index (χ1n) is 9.66. The van der Waals surface area contributed by atoms with E-state index in [2.05, 4.69) is 15.4 Å². The van der Waals surface area contributed by atoms with Gasteiger partial charge in [-0.05, 0) is 63.3 Å². The van der Waals surface area contributed by atoms with Crippen LogP contribution in [0, 0.1) is 0 Å². The maximum absolute atomic E-state index is 12.2. The van der Waals surface area contributed by atoms with Gasteiger partial charge in [-0.1, -0.05) is 19.8 Å². The number of nitrogens with one attached hydrogen (secondary N) is 2. The van der Waals surface area contributed by atoms with Crippen LogP contribution in [0.15, 0.2) is 29.2 Å². The Morgan fingerprint density at radius 3 is 2.35 bits per heavy atom. The van der Waals surface area contributed by atoms with E-state index in [1.807, 2.05) is 13.8 Å². The first kappa shape index (κ1) is 20.9. The van der Waals surface area contributed by atoms with Gasteiger partial charge in [0, 0.05) is 11.7 Å². The molecule has 1 saturated carbocycles. The van der Waals surface area contributed by atoms with Crippen molar-refractivity contribution in [3.05, 3.63) is 24.3 Å². The van der Waals surface area contributed by atoms with Gasteiger partial charge in [-0.25, -0.2) is 13.1 Å². The Balaban J connectivity index is 1.85. The maximum Gasteiger partial charge on any atom is 0.279 e. The lowest BCUT2D eigenvalue weighted by molar-refractivity contribution is -0.680. The van der Waals surface area contributed by atoms with Crippen LogP contribution in [0.25, 0.3) is 0 Å². The summed E-state index contributed by atoms with van der Waals surface area (Å²) in [4.78, 5) is 12.3. The standard InChI is InChI=1S/C19H31N3O3S/c1-3-15(2)22-26(24,25)18-12-10-17(11-13-18)21-19(23)14-20-16-8-6-4-5-7-9-16/h10-13,15-16,20,22H,3-9,14H2,1-2H3,(H,21,23)/p+1/t15-/m0/s1. The molecule has 1 aliphatic rings. The molecule has 0 bridgehead atoms. The van der Waals surface area contributed by atoms with E-state index < -0.39 is 10.0 Å². The second-order valence-electron chi connectivity index (χ2n) is 7.19. The Bertz CT molecular complexity index is 666. The zero-order chi connectivity index (χ0) is 19.0. The van der Waals surface area contributed by atoms with Crippen LogP contribution in [0.4, 0.5) is 5.69 Å². The molecule has 0 radical (unpaired) electrons. The Morgan fingerprint density at radius 2 is 1.77 bits per heavy atom. The van der Waals surface area contributed by atoms with Crippen molar-refractivity contribution in [3.8, 4) is 0 Å². The first-order chi connectivity index (χ1) is 12.4. The Hall–Kier alpha value is -1.44. The summed E-state index contributed by atoms with van der Waals surface area (Å²) in [5.74, 6) is -0.0532. The molecular weight excluding hydrogens is 350 g/mol. The highest BCUT2D eigenvalue weighted by Crippen LogP contribution is 2.16. The second-order valence-corrected chi connectivity index (χ2v) is 8.91. The van der Waals surface area contributed by atoms with Crippen molar-refractivity contribution in [1.29, 1.82) is 0 Å². The van der Waals surface area contributed by atoms with Gasteiger partial charge in [-0.3, -0.25) is 4.79 Å². The van der Waals surface area contributed by atoms with Gasteiger partial charge in [0.1, 0.15) is 0 Å². The molecule has 0 unspecified atom stereocenters. The van der Waals surface area contributed by atoms with Gasteiger partial charge in [0.05, 0.1) is 10.9 Å². The zero-order valence-corrected chi connectivity index (χ0v) is 16.6. The number of carbonyl (C=O) groups excluding carboxylic acids is 1. The molecule has 1 aliphatic carbocycles. The van der Waals surface area contributed by atoms with Gasteiger partial charge in [0.2, 0.25) is 10.0 Å². The lowest BCUT2D eigenvalue weighted by Gasteiger charge is -2.13. The average molecular weight is 383 g/mol. The van der Waals surface area contributed by atoms with Crippen LogP contribution in [0.1, 0.15) is 58.8 Å². The van der Waals surface area contributed by atoms with Crippen molar-refractivity contribution in [2.24, 2.45) is 0 Å². The summed E-state index contributed by atoms with van der Waals surface area (Å²) in [5, 5.41) is 4.98. The van der Waals surface area contributed by atoms with Crippen LogP contribution in [-0.4, -0.2) is 33.0 Å². The van der Waals surface area contributed by atoms with Gasteiger partial charge in [-0.15, -0.1) is 0 Å². The summed E-state index contributed by atoms with van der Waals surface area (Å²) < 4.78 is 27.1. The predicted molar refractivity (Wildman–Crippen MR) is 103 cm³/mol. The topological polar surface area (TPSA) is 91.9 Å². The number of rotatable bonds is 8. The number of hydrogen-bond donors (Lipinski definition) is 3. The fourth-order valence-corrected chi connectivity index (χ4v) is 4.49.